The Labute approximate surface area is 203 Å². The Balaban J connectivity index is 1.77. The first-order chi connectivity index (χ1) is 16.7. The fourth-order valence-electron chi connectivity index (χ4n) is 4.62. The number of aromatic nitrogens is 1. The van der Waals surface area contributed by atoms with Crippen LogP contribution in [0.25, 0.3) is 0 Å². The molecule has 2 aliphatic rings. The Hall–Kier alpha value is -4.30. The van der Waals surface area contributed by atoms with E-state index in [1.54, 1.807) is 64.2 Å². The van der Waals surface area contributed by atoms with Gasteiger partial charge in [0, 0.05) is 42.0 Å². The van der Waals surface area contributed by atoms with Gasteiger partial charge in [0.2, 0.25) is 5.91 Å². The van der Waals surface area contributed by atoms with Crippen molar-refractivity contribution in [2.24, 2.45) is 4.99 Å². The summed E-state index contributed by atoms with van der Waals surface area (Å²) in [6.07, 6.45) is 3.28. The normalized spacial score (nSPS) is 16.5. The minimum atomic E-state index is -0.836. The van der Waals surface area contributed by atoms with Gasteiger partial charge in [0.05, 0.1) is 41.7 Å². The minimum absolute atomic E-state index is 0.227. The van der Waals surface area contributed by atoms with Crippen LogP contribution in [0, 0.1) is 35.4 Å². The molecule has 1 aromatic carbocycles. The number of nitrogens with one attached hydrogen (secondary N) is 1. The van der Waals surface area contributed by atoms with E-state index in [0.29, 0.717) is 45.1 Å². The Morgan fingerprint density at radius 2 is 1.89 bits per heavy atom. The van der Waals surface area contributed by atoms with Crippen molar-refractivity contribution in [2.45, 2.75) is 46.1 Å². The second-order valence-corrected chi connectivity index (χ2v) is 8.81. The number of nitriles is 2. The highest BCUT2D eigenvalue weighted by molar-refractivity contribution is 6.11. The zero-order valence-electron chi connectivity index (χ0n) is 20.3. The summed E-state index contributed by atoms with van der Waals surface area (Å²) >= 11 is 0. The number of allylic oxidation sites excluding steroid dienone is 4. The number of aliphatic imine (C=N–C) groups is 1. The van der Waals surface area contributed by atoms with Crippen molar-refractivity contribution in [3.63, 3.8) is 0 Å². The maximum Gasteiger partial charge on any atom is 0.232 e. The second-order valence-electron chi connectivity index (χ2n) is 8.81. The fourth-order valence-corrected chi connectivity index (χ4v) is 4.62. The highest BCUT2D eigenvalue weighted by atomic mass is 19.1. The van der Waals surface area contributed by atoms with Crippen LogP contribution in [0.1, 0.15) is 60.4 Å². The number of hydrogen-bond acceptors (Lipinski definition) is 6. The van der Waals surface area contributed by atoms with Gasteiger partial charge in [-0.25, -0.2) is 4.39 Å². The second kappa shape index (κ2) is 9.15. The number of hydrogen-bond donors (Lipinski definition) is 1. The van der Waals surface area contributed by atoms with Gasteiger partial charge in [-0.15, -0.1) is 0 Å². The zero-order chi connectivity index (χ0) is 25.4. The van der Waals surface area contributed by atoms with Crippen LogP contribution in [-0.4, -0.2) is 28.7 Å². The molecule has 35 heavy (non-hydrogen) atoms. The number of carbonyl (C=O) groups is 1. The summed E-state index contributed by atoms with van der Waals surface area (Å²) in [6.45, 7) is 7.25. The van der Waals surface area contributed by atoms with Crippen molar-refractivity contribution in [1.82, 2.24) is 15.2 Å². The molecule has 0 radical (unpaired) electrons. The molecule has 0 bridgehead atoms. The van der Waals surface area contributed by atoms with Crippen molar-refractivity contribution in [3.05, 3.63) is 86.8 Å². The van der Waals surface area contributed by atoms with Crippen molar-refractivity contribution in [3.8, 4) is 12.1 Å². The number of amidine groups is 1. The van der Waals surface area contributed by atoms with Crippen LogP contribution in [-0.2, 0) is 11.3 Å². The van der Waals surface area contributed by atoms with Gasteiger partial charge in [-0.1, -0.05) is 6.07 Å². The molecule has 1 N–H and O–H groups in total. The molecule has 7 nitrogen and oxygen atoms in total. The van der Waals surface area contributed by atoms with Crippen LogP contribution in [0.5, 0.6) is 0 Å². The molecule has 0 saturated carbocycles. The van der Waals surface area contributed by atoms with Crippen LogP contribution < -0.4 is 5.32 Å². The Morgan fingerprint density at radius 1 is 1.23 bits per heavy atom. The van der Waals surface area contributed by atoms with Gasteiger partial charge in [0.25, 0.3) is 0 Å². The first-order valence-electron chi connectivity index (χ1n) is 11.2. The molecular formula is C27H25FN6O. The lowest BCUT2D eigenvalue weighted by Crippen LogP contribution is -2.34. The van der Waals surface area contributed by atoms with Crippen LogP contribution >= 0.6 is 0 Å². The van der Waals surface area contributed by atoms with Gasteiger partial charge in [-0.2, -0.15) is 10.5 Å². The van der Waals surface area contributed by atoms with Crippen LogP contribution in [0.15, 0.2) is 58.1 Å². The summed E-state index contributed by atoms with van der Waals surface area (Å²) in [6, 6.07) is 9.60. The third-order valence-electron chi connectivity index (χ3n) is 7.05. The zero-order valence-corrected chi connectivity index (χ0v) is 20.3. The summed E-state index contributed by atoms with van der Waals surface area (Å²) in [4.78, 5) is 23.3. The van der Waals surface area contributed by atoms with Gasteiger partial charge in [0.15, 0.2) is 0 Å². The number of rotatable bonds is 3. The van der Waals surface area contributed by atoms with E-state index < -0.39 is 17.7 Å². The molecule has 1 aromatic heterocycles. The van der Waals surface area contributed by atoms with E-state index in [0.717, 1.165) is 5.56 Å². The molecule has 4 rings (SSSR count). The van der Waals surface area contributed by atoms with Gasteiger partial charge in [-0.05, 0) is 56.5 Å². The molecule has 2 aliphatic heterocycles. The molecule has 2 aromatic rings. The highest BCUT2D eigenvalue weighted by Crippen LogP contribution is 2.43. The number of halogens is 1. The van der Waals surface area contributed by atoms with E-state index in [2.05, 4.69) is 27.4 Å². The van der Waals surface area contributed by atoms with Gasteiger partial charge < -0.3 is 10.2 Å². The Kier molecular flexibility index (Phi) is 6.24. The number of benzene rings is 1. The lowest BCUT2D eigenvalue weighted by Gasteiger charge is -2.33. The van der Waals surface area contributed by atoms with Crippen LogP contribution in [0.4, 0.5) is 4.39 Å². The molecule has 1 amide bonds. The van der Waals surface area contributed by atoms with E-state index in [-0.39, 0.29) is 18.0 Å². The molecule has 3 heterocycles. The van der Waals surface area contributed by atoms with E-state index in [9.17, 15) is 15.3 Å². The largest absolute Gasteiger partial charge is 0.350 e. The summed E-state index contributed by atoms with van der Waals surface area (Å²) in [7, 11) is 1.78. The predicted molar refractivity (Wildman–Crippen MR) is 129 cm³/mol. The van der Waals surface area contributed by atoms with Crippen LogP contribution in [0.2, 0.25) is 0 Å². The molecular weight excluding hydrogens is 443 g/mol. The van der Waals surface area contributed by atoms with Crippen molar-refractivity contribution >= 4 is 11.7 Å². The predicted octanol–water partition coefficient (Wildman–Crippen LogP) is 4.33. The SMILES string of the molecule is CC1=C(C#N)C(c2cc3c(c(C)c2F)CN=C3NC(=O)[C@H](C)c2cccnc2)C(C#N)=C(C)N1C. The summed E-state index contributed by atoms with van der Waals surface area (Å²) in [5.41, 5.74) is 4.65. The van der Waals surface area contributed by atoms with Gasteiger partial charge >= 0.3 is 0 Å². The van der Waals surface area contributed by atoms with E-state index in [1.807, 2.05) is 6.07 Å². The third kappa shape index (κ3) is 3.87. The summed E-state index contributed by atoms with van der Waals surface area (Å²) in [5, 5.41) is 22.7. The number of carbonyl (C=O) groups excluding carboxylic acids is 1. The molecule has 0 aliphatic carbocycles. The van der Waals surface area contributed by atoms with E-state index in [4.69, 9.17) is 0 Å². The maximum absolute atomic E-state index is 15.7. The third-order valence-corrected chi connectivity index (χ3v) is 7.05. The molecule has 0 saturated heterocycles. The average molecular weight is 469 g/mol. The minimum Gasteiger partial charge on any atom is -0.350 e. The molecule has 0 unspecified atom stereocenters. The lowest BCUT2D eigenvalue weighted by atomic mass is 9.79. The van der Waals surface area contributed by atoms with Crippen molar-refractivity contribution in [1.29, 1.82) is 10.5 Å². The number of amides is 1. The van der Waals surface area contributed by atoms with Crippen molar-refractivity contribution in [2.75, 3.05) is 7.05 Å². The maximum atomic E-state index is 15.7. The number of nitrogens with zero attached hydrogens (tertiary/aromatic N) is 5. The Bertz CT molecular complexity index is 1370. The standard InChI is InChI=1S/C27H25FN6O/c1-14(18-7-6-8-31-12-18)27(35)33-26-19-9-20(25(28)15(2)23(19)13-32-26)24-21(10-29)16(3)34(5)17(4)22(24)11-30/h6-9,12,14,24H,13H2,1-5H3,(H,32,33,35)/t14-/m1/s1. The van der Waals surface area contributed by atoms with E-state index >= 15 is 4.39 Å². The molecule has 0 fully saturated rings. The monoisotopic (exact) mass is 468 g/mol. The van der Waals surface area contributed by atoms with Gasteiger partial charge in [0.1, 0.15) is 11.7 Å². The van der Waals surface area contributed by atoms with Gasteiger partial charge in [-0.3, -0.25) is 14.8 Å². The topological polar surface area (TPSA) is 105 Å². The molecule has 1 atom stereocenters. The highest BCUT2D eigenvalue weighted by Gasteiger charge is 2.36. The first kappa shape index (κ1) is 23.8. The fraction of sp³-hybridized carbons (Fsp3) is 0.296. The van der Waals surface area contributed by atoms with Crippen LogP contribution in [0.3, 0.4) is 0 Å². The number of fused-ring (bicyclic) bond motifs is 1. The molecule has 0 spiro atoms. The summed E-state index contributed by atoms with van der Waals surface area (Å²) < 4.78 is 15.7. The average Bonchev–Trinajstić information content (AvgIpc) is 3.27. The lowest BCUT2D eigenvalue weighted by molar-refractivity contribution is -0.120. The number of pyridine rings is 1. The molecule has 8 heteroatoms. The van der Waals surface area contributed by atoms with Crippen molar-refractivity contribution < 1.29 is 9.18 Å². The molecule has 176 valence electrons. The first-order valence-corrected chi connectivity index (χ1v) is 11.2. The Morgan fingerprint density at radius 3 is 2.46 bits per heavy atom. The smallest absolute Gasteiger partial charge is 0.232 e. The van der Waals surface area contributed by atoms with E-state index in [1.165, 1.54) is 0 Å². The summed E-state index contributed by atoms with van der Waals surface area (Å²) in [5.74, 6) is -1.66. The quantitative estimate of drug-likeness (QED) is 0.722.